The first-order chi connectivity index (χ1) is 19.6. The molecule has 4 heteroatoms. The normalized spacial score (nSPS) is 12.8. The van der Waals surface area contributed by atoms with Crippen molar-refractivity contribution in [3.8, 4) is 33.8 Å². The second-order valence-electron chi connectivity index (χ2n) is 10.9. The van der Waals surface area contributed by atoms with Gasteiger partial charge in [-0.15, -0.1) is 23.2 Å². The van der Waals surface area contributed by atoms with Gasteiger partial charge in [0.05, 0.1) is 13.2 Å². The molecule has 0 amide bonds. The van der Waals surface area contributed by atoms with Crippen LogP contribution in [0.15, 0.2) is 60.7 Å². The van der Waals surface area contributed by atoms with Crippen LogP contribution in [-0.4, -0.2) is 13.2 Å². The summed E-state index contributed by atoms with van der Waals surface area (Å²) < 4.78 is 13.3. The lowest BCUT2D eigenvalue weighted by atomic mass is 9.93. The summed E-state index contributed by atoms with van der Waals surface area (Å²) in [5, 5.41) is 0. The highest BCUT2D eigenvalue weighted by Gasteiger charge is 2.20. The van der Waals surface area contributed by atoms with E-state index in [9.17, 15) is 0 Å². The van der Waals surface area contributed by atoms with Crippen LogP contribution in [0.3, 0.4) is 0 Å². The van der Waals surface area contributed by atoms with Crippen LogP contribution in [-0.2, 0) is 11.8 Å². The van der Waals surface area contributed by atoms with Crippen LogP contribution < -0.4 is 9.47 Å². The number of ether oxygens (including phenoxy) is 2. The molecule has 218 valence electrons. The minimum atomic E-state index is 0.417. The molecule has 0 fully saturated rings. The Bertz CT molecular complexity index is 1150. The average Bonchev–Trinajstić information content (AvgIpc) is 3.01. The second-order valence-corrected chi connectivity index (χ2v) is 11.5. The zero-order valence-corrected chi connectivity index (χ0v) is 26.5. The summed E-state index contributed by atoms with van der Waals surface area (Å²) in [5.41, 5.74) is 6.44. The van der Waals surface area contributed by atoms with E-state index in [0.717, 1.165) is 57.7 Å². The molecule has 3 aromatic rings. The van der Waals surface area contributed by atoms with Gasteiger partial charge < -0.3 is 9.47 Å². The van der Waals surface area contributed by atoms with E-state index in [-0.39, 0.29) is 0 Å². The number of halogens is 2. The Morgan fingerprint density at radius 3 is 1.75 bits per heavy atom. The minimum Gasteiger partial charge on any atom is -0.493 e. The van der Waals surface area contributed by atoms with Crippen molar-refractivity contribution >= 4 is 23.2 Å². The summed E-state index contributed by atoms with van der Waals surface area (Å²) in [4.78, 5) is 0. The number of benzene rings is 3. The standard InChI is InChI=1S/C36H48Cl2O2/c1-5-9-14-27(7-3)25-39-35-22-36(40-26-28(8-4)15-10-6-2)34(21-33(35)30-16-12-11-13-17-30)32-20-29(23-37)18-19-31(32)24-38/h11-13,16-22,27-28H,5-10,14-15,23-26H2,1-4H3. The Balaban J connectivity index is 2.13. The summed E-state index contributed by atoms with van der Waals surface area (Å²) in [7, 11) is 0. The molecule has 0 aliphatic carbocycles. The molecule has 0 aliphatic rings. The predicted octanol–water partition coefficient (Wildman–Crippen LogP) is 11.7. The molecule has 0 N–H and O–H groups in total. The highest BCUT2D eigenvalue weighted by molar-refractivity contribution is 6.18. The fourth-order valence-corrected chi connectivity index (χ4v) is 5.54. The van der Waals surface area contributed by atoms with E-state index in [4.69, 9.17) is 32.7 Å². The number of hydrogen-bond donors (Lipinski definition) is 0. The van der Waals surface area contributed by atoms with Crippen LogP contribution in [0.25, 0.3) is 22.3 Å². The van der Waals surface area contributed by atoms with Crippen molar-refractivity contribution in [3.63, 3.8) is 0 Å². The van der Waals surface area contributed by atoms with Gasteiger partial charge in [0.25, 0.3) is 0 Å². The second kappa shape index (κ2) is 17.6. The highest BCUT2D eigenvalue weighted by atomic mass is 35.5. The molecule has 0 saturated carbocycles. The van der Waals surface area contributed by atoms with Crippen molar-refractivity contribution < 1.29 is 9.47 Å². The predicted molar refractivity (Wildman–Crippen MR) is 174 cm³/mol. The van der Waals surface area contributed by atoms with E-state index in [1.54, 1.807) is 0 Å². The van der Waals surface area contributed by atoms with Gasteiger partial charge in [-0.25, -0.2) is 0 Å². The molecular formula is C36H48Cl2O2. The molecule has 0 radical (unpaired) electrons. The Morgan fingerprint density at radius 1 is 0.625 bits per heavy atom. The smallest absolute Gasteiger partial charge is 0.130 e. The molecule has 0 aromatic heterocycles. The molecule has 0 aliphatic heterocycles. The quantitative estimate of drug-likeness (QED) is 0.139. The SMILES string of the molecule is CCCCC(CC)COc1cc(OCC(CC)CCCC)c(-c2cc(CCl)ccc2CCl)cc1-c1ccccc1. The first-order valence-corrected chi connectivity index (χ1v) is 16.4. The van der Waals surface area contributed by atoms with Crippen molar-refractivity contribution in [2.75, 3.05) is 13.2 Å². The zero-order chi connectivity index (χ0) is 28.7. The van der Waals surface area contributed by atoms with Crippen LogP contribution in [0.2, 0.25) is 0 Å². The van der Waals surface area contributed by atoms with Gasteiger partial charge in [0.15, 0.2) is 0 Å². The Morgan fingerprint density at radius 2 is 1.23 bits per heavy atom. The monoisotopic (exact) mass is 582 g/mol. The fourth-order valence-electron chi connectivity index (χ4n) is 5.14. The third-order valence-corrected chi connectivity index (χ3v) is 8.56. The molecule has 40 heavy (non-hydrogen) atoms. The average molecular weight is 584 g/mol. The van der Waals surface area contributed by atoms with E-state index >= 15 is 0 Å². The largest absolute Gasteiger partial charge is 0.493 e. The highest BCUT2D eigenvalue weighted by Crippen LogP contribution is 2.43. The van der Waals surface area contributed by atoms with E-state index in [2.05, 4.69) is 88.4 Å². The van der Waals surface area contributed by atoms with Gasteiger partial charge in [-0.1, -0.05) is 109 Å². The number of unbranched alkanes of at least 4 members (excludes halogenated alkanes) is 2. The molecule has 2 nitrogen and oxygen atoms in total. The molecule has 3 rings (SSSR count). The van der Waals surface area contributed by atoms with Gasteiger partial charge in [0.2, 0.25) is 0 Å². The third kappa shape index (κ3) is 9.18. The van der Waals surface area contributed by atoms with Gasteiger partial charge in [-0.3, -0.25) is 0 Å². The van der Waals surface area contributed by atoms with E-state index in [0.29, 0.717) is 36.8 Å². The maximum atomic E-state index is 6.69. The Hall–Kier alpha value is -2.16. The zero-order valence-electron chi connectivity index (χ0n) is 25.0. The summed E-state index contributed by atoms with van der Waals surface area (Å²) in [6.07, 6.45) is 9.45. The topological polar surface area (TPSA) is 18.5 Å². The van der Waals surface area contributed by atoms with Crippen molar-refractivity contribution in [3.05, 3.63) is 71.8 Å². The first kappa shape index (κ1) is 32.4. The van der Waals surface area contributed by atoms with E-state index in [1.807, 2.05) is 0 Å². The first-order valence-electron chi connectivity index (χ1n) is 15.3. The molecule has 0 heterocycles. The number of hydrogen-bond acceptors (Lipinski definition) is 2. The van der Waals surface area contributed by atoms with E-state index < -0.39 is 0 Å². The molecule has 0 spiro atoms. The van der Waals surface area contributed by atoms with Gasteiger partial charge in [0, 0.05) is 29.0 Å². The van der Waals surface area contributed by atoms with Gasteiger partial charge in [0.1, 0.15) is 11.5 Å². The van der Waals surface area contributed by atoms with Gasteiger partial charge >= 0.3 is 0 Å². The number of alkyl halides is 2. The molecule has 3 aromatic carbocycles. The lowest BCUT2D eigenvalue weighted by Crippen LogP contribution is -2.13. The third-order valence-electron chi connectivity index (χ3n) is 7.96. The summed E-state index contributed by atoms with van der Waals surface area (Å²) in [6.45, 7) is 10.4. The molecular weight excluding hydrogens is 535 g/mol. The van der Waals surface area contributed by atoms with Crippen molar-refractivity contribution in [1.29, 1.82) is 0 Å². The van der Waals surface area contributed by atoms with Gasteiger partial charge in [-0.2, -0.15) is 0 Å². The Labute approximate surface area is 253 Å². The molecule has 2 unspecified atom stereocenters. The van der Waals surface area contributed by atoms with Gasteiger partial charge in [-0.05, 0) is 59.1 Å². The van der Waals surface area contributed by atoms with Crippen molar-refractivity contribution in [2.24, 2.45) is 11.8 Å². The Kier molecular flexibility index (Phi) is 14.2. The fraction of sp³-hybridized carbons (Fsp3) is 0.500. The van der Waals surface area contributed by atoms with Crippen LogP contribution in [0.5, 0.6) is 11.5 Å². The summed E-state index contributed by atoms with van der Waals surface area (Å²) in [5.74, 6) is 3.65. The molecule has 0 saturated heterocycles. The van der Waals surface area contributed by atoms with E-state index in [1.165, 1.54) is 38.5 Å². The van der Waals surface area contributed by atoms with Crippen LogP contribution in [0.1, 0.15) is 90.2 Å². The minimum absolute atomic E-state index is 0.417. The molecule has 2 atom stereocenters. The van der Waals surface area contributed by atoms with Crippen molar-refractivity contribution in [1.82, 2.24) is 0 Å². The summed E-state index contributed by atoms with van der Waals surface area (Å²) >= 11 is 12.7. The number of rotatable bonds is 18. The van der Waals surface area contributed by atoms with Crippen LogP contribution >= 0.6 is 23.2 Å². The maximum Gasteiger partial charge on any atom is 0.130 e. The lowest BCUT2D eigenvalue weighted by molar-refractivity contribution is 0.224. The molecule has 0 bridgehead atoms. The summed E-state index contributed by atoms with van der Waals surface area (Å²) in [6, 6.07) is 21.2. The van der Waals surface area contributed by atoms with Crippen molar-refractivity contribution in [2.45, 2.75) is 90.8 Å². The van der Waals surface area contributed by atoms with Crippen LogP contribution in [0.4, 0.5) is 0 Å². The lowest BCUT2D eigenvalue weighted by Gasteiger charge is -2.23. The van der Waals surface area contributed by atoms with Crippen LogP contribution in [0, 0.1) is 11.8 Å². The maximum absolute atomic E-state index is 6.69.